The summed E-state index contributed by atoms with van der Waals surface area (Å²) in [5.41, 5.74) is 2.02. The minimum absolute atomic E-state index is 0.366. The fraction of sp³-hybridized carbons (Fsp3) is 0.273. The average molecular weight is 220 g/mol. The fourth-order valence-corrected chi connectivity index (χ4v) is 1.65. The van der Waals surface area contributed by atoms with E-state index in [1.54, 1.807) is 32.3 Å². The van der Waals surface area contributed by atoms with Crippen LogP contribution in [0.15, 0.2) is 27.4 Å². The monoisotopic (exact) mass is 220 g/mol. The molecule has 1 aromatic carbocycles. The highest BCUT2D eigenvalue weighted by Gasteiger charge is 2.11. The quantitative estimate of drug-likeness (QED) is 0.769. The summed E-state index contributed by atoms with van der Waals surface area (Å²) in [6.07, 6.45) is 0.819. The predicted molar refractivity (Wildman–Crippen MR) is 59.3 cm³/mol. The Hall–Kier alpha value is -1.88. The topological polar surface area (TPSA) is 64.2 Å². The Bertz CT molecular complexity index is 582. The minimum atomic E-state index is -0.403. The molecular formula is C11H12N2O3. The van der Waals surface area contributed by atoms with Gasteiger partial charge in [0.1, 0.15) is 6.29 Å². The van der Waals surface area contributed by atoms with Crippen molar-refractivity contribution in [2.75, 3.05) is 7.05 Å². The van der Waals surface area contributed by atoms with E-state index < -0.39 is 5.76 Å². The molecule has 1 unspecified atom stereocenters. The molecule has 1 atom stereocenters. The minimum Gasteiger partial charge on any atom is -0.408 e. The first-order chi connectivity index (χ1) is 7.67. The molecule has 2 aromatic rings. The molecule has 0 bridgehead atoms. The average Bonchev–Trinajstić information content (AvgIpc) is 2.57. The first-order valence-corrected chi connectivity index (χ1v) is 4.89. The molecule has 0 aliphatic heterocycles. The molecule has 2 rings (SSSR count). The summed E-state index contributed by atoms with van der Waals surface area (Å²) in [6, 6.07) is 4.87. The Morgan fingerprint density at radius 3 is 2.88 bits per heavy atom. The van der Waals surface area contributed by atoms with Crippen LogP contribution >= 0.6 is 0 Å². The van der Waals surface area contributed by atoms with Gasteiger partial charge < -0.3 is 14.5 Å². The first-order valence-electron chi connectivity index (χ1n) is 4.89. The lowest BCUT2D eigenvalue weighted by molar-refractivity contribution is -0.109. The van der Waals surface area contributed by atoms with Crippen LogP contribution in [0.5, 0.6) is 0 Å². The zero-order valence-electron chi connectivity index (χ0n) is 9.06. The van der Waals surface area contributed by atoms with Crippen molar-refractivity contribution >= 4 is 17.4 Å². The predicted octanol–water partition coefficient (Wildman–Crippen LogP) is 0.591. The molecule has 0 fully saturated rings. The third kappa shape index (κ3) is 1.55. The van der Waals surface area contributed by atoms with Crippen LogP contribution in [-0.4, -0.2) is 17.9 Å². The number of rotatable bonds is 3. The molecule has 5 nitrogen and oxygen atoms in total. The number of likely N-dealkylation sites (N-methyl/N-ethyl adjacent to an activating group) is 1. The molecule has 0 aliphatic carbocycles. The zero-order valence-corrected chi connectivity index (χ0v) is 9.06. The highest BCUT2D eigenvalue weighted by Crippen LogP contribution is 2.18. The van der Waals surface area contributed by atoms with Crippen molar-refractivity contribution in [3.8, 4) is 0 Å². The fourth-order valence-electron chi connectivity index (χ4n) is 1.65. The van der Waals surface area contributed by atoms with Crippen LogP contribution in [0, 0.1) is 0 Å². The number of hydrogen-bond donors (Lipinski definition) is 1. The van der Waals surface area contributed by atoms with E-state index in [9.17, 15) is 9.59 Å². The Morgan fingerprint density at radius 1 is 1.50 bits per heavy atom. The van der Waals surface area contributed by atoms with Crippen molar-refractivity contribution in [2.45, 2.75) is 6.04 Å². The van der Waals surface area contributed by atoms with Crippen LogP contribution in [0.2, 0.25) is 0 Å². The molecule has 16 heavy (non-hydrogen) atoms. The molecular weight excluding hydrogens is 208 g/mol. The standard InChI is InChI=1S/C11H12N2O3/c1-12-8(6-14)7-3-4-10-9(5-7)13(2)11(15)16-10/h3-6,8,12H,1-2H3. The summed E-state index contributed by atoms with van der Waals surface area (Å²) in [5, 5.41) is 2.87. The lowest BCUT2D eigenvalue weighted by Crippen LogP contribution is -2.17. The molecule has 0 spiro atoms. The summed E-state index contributed by atoms with van der Waals surface area (Å²) in [6.45, 7) is 0. The Labute approximate surface area is 91.7 Å². The maximum absolute atomic E-state index is 11.3. The van der Waals surface area contributed by atoms with Crippen molar-refractivity contribution in [1.82, 2.24) is 9.88 Å². The second-order valence-electron chi connectivity index (χ2n) is 3.56. The van der Waals surface area contributed by atoms with Crippen LogP contribution in [0.3, 0.4) is 0 Å². The van der Waals surface area contributed by atoms with Crippen LogP contribution in [0.25, 0.3) is 11.1 Å². The first kappa shape index (κ1) is 10.6. The van der Waals surface area contributed by atoms with Crippen molar-refractivity contribution in [1.29, 1.82) is 0 Å². The van der Waals surface area contributed by atoms with Crippen molar-refractivity contribution in [3.63, 3.8) is 0 Å². The van der Waals surface area contributed by atoms with Crippen molar-refractivity contribution in [2.24, 2.45) is 7.05 Å². The van der Waals surface area contributed by atoms with Crippen molar-refractivity contribution < 1.29 is 9.21 Å². The number of aromatic nitrogens is 1. The number of oxazole rings is 1. The number of aldehydes is 1. The zero-order chi connectivity index (χ0) is 11.7. The Balaban J connectivity index is 2.62. The highest BCUT2D eigenvalue weighted by atomic mass is 16.4. The SMILES string of the molecule is CNC(C=O)c1ccc2oc(=O)n(C)c2c1. The van der Waals surface area contributed by atoms with Crippen LogP contribution in [-0.2, 0) is 11.8 Å². The molecule has 84 valence electrons. The summed E-state index contributed by atoms with van der Waals surface area (Å²) < 4.78 is 6.41. The Kier molecular flexibility index (Phi) is 2.62. The lowest BCUT2D eigenvalue weighted by atomic mass is 10.1. The summed E-state index contributed by atoms with van der Waals surface area (Å²) in [4.78, 5) is 22.1. The third-order valence-corrected chi connectivity index (χ3v) is 2.62. The van der Waals surface area contributed by atoms with E-state index in [1.807, 2.05) is 0 Å². The van der Waals surface area contributed by atoms with Gasteiger partial charge in [0.05, 0.1) is 11.6 Å². The molecule has 0 saturated carbocycles. The number of benzene rings is 1. The van der Waals surface area contributed by atoms with Gasteiger partial charge in [0.15, 0.2) is 5.58 Å². The smallest absolute Gasteiger partial charge is 0.408 e. The number of carbonyl (C=O) groups is 1. The summed E-state index contributed by atoms with van der Waals surface area (Å²) in [5.74, 6) is -0.403. The van der Waals surface area contributed by atoms with Gasteiger partial charge >= 0.3 is 5.76 Å². The second kappa shape index (κ2) is 3.94. The largest absolute Gasteiger partial charge is 0.419 e. The maximum Gasteiger partial charge on any atom is 0.419 e. The third-order valence-electron chi connectivity index (χ3n) is 2.62. The highest BCUT2D eigenvalue weighted by molar-refractivity contribution is 5.75. The van der Waals surface area contributed by atoms with Crippen molar-refractivity contribution in [3.05, 3.63) is 34.3 Å². The number of hydrogen-bond acceptors (Lipinski definition) is 4. The van der Waals surface area contributed by atoms with E-state index in [2.05, 4.69) is 5.32 Å². The molecule has 0 aliphatic rings. The summed E-state index contributed by atoms with van der Waals surface area (Å²) in [7, 11) is 3.34. The van der Waals surface area contributed by atoms with Gasteiger partial charge in [0, 0.05) is 7.05 Å². The number of nitrogens with one attached hydrogen (secondary N) is 1. The molecule has 0 amide bonds. The number of aryl methyl sites for hydroxylation is 1. The molecule has 1 heterocycles. The van der Waals surface area contributed by atoms with Gasteiger partial charge in [0.25, 0.3) is 0 Å². The molecule has 0 radical (unpaired) electrons. The molecule has 1 aromatic heterocycles. The number of carbonyl (C=O) groups excluding carboxylic acids is 1. The van der Waals surface area contributed by atoms with Gasteiger partial charge in [-0.1, -0.05) is 6.07 Å². The van der Waals surface area contributed by atoms with E-state index in [4.69, 9.17) is 4.42 Å². The van der Waals surface area contributed by atoms with Crippen LogP contribution in [0.1, 0.15) is 11.6 Å². The van der Waals surface area contributed by atoms with Crippen LogP contribution in [0.4, 0.5) is 0 Å². The lowest BCUT2D eigenvalue weighted by Gasteiger charge is -2.08. The van der Waals surface area contributed by atoms with E-state index in [-0.39, 0.29) is 6.04 Å². The van der Waals surface area contributed by atoms with E-state index in [1.165, 1.54) is 4.57 Å². The number of fused-ring (bicyclic) bond motifs is 1. The molecule has 0 saturated heterocycles. The number of nitrogens with zero attached hydrogens (tertiary/aromatic N) is 1. The van der Waals surface area contributed by atoms with E-state index >= 15 is 0 Å². The van der Waals surface area contributed by atoms with Gasteiger partial charge in [-0.2, -0.15) is 0 Å². The second-order valence-corrected chi connectivity index (χ2v) is 3.56. The van der Waals surface area contributed by atoms with Gasteiger partial charge in [-0.3, -0.25) is 4.57 Å². The van der Waals surface area contributed by atoms with E-state index in [0.717, 1.165) is 11.8 Å². The van der Waals surface area contributed by atoms with Gasteiger partial charge in [-0.15, -0.1) is 0 Å². The van der Waals surface area contributed by atoms with Gasteiger partial charge in [-0.25, -0.2) is 4.79 Å². The van der Waals surface area contributed by atoms with Gasteiger partial charge in [0.2, 0.25) is 0 Å². The Morgan fingerprint density at radius 2 is 2.25 bits per heavy atom. The summed E-state index contributed by atoms with van der Waals surface area (Å²) >= 11 is 0. The normalized spacial score (nSPS) is 12.9. The maximum atomic E-state index is 11.3. The molecule has 1 N–H and O–H groups in total. The van der Waals surface area contributed by atoms with E-state index in [0.29, 0.717) is 11.1 Å². The van der Waals surface area contributed by atoms with Gasteiger partial charge in [-0.05, 0) is 24.7 Å². The molecule has 5 heteroatoms. The van der Waals surface area contributed by atoms with Crippen LogP contribution < -0.4 is 11.1 Å².